The van der Waals surface area contributed by atoms with E-state index in [-0.39, 0.29) is 17.5 Å². The summed E-state index contributed by atoms with van der Waals surface area (Å²) in [5, 5.41) is 12.8. The minimum Gasteiger partial charge on any atom is -0.385 e. The summed E-state index contributed by atoms with van der Waals surface area (Å²) < 4.78 is 18.2. The average molecular weight is 222 g/mol. The van der Waals surface area contributed by atoms with E-state index in [4.69, 9.17) is 4.52 Å². The van der Waals surface area contributed by atoms with Crippen LogP contribution in [0, 0.1) is 12.7 Å². The second kappa shape index (κ2) is 4.02. The van der Waals surface area contributed by atoms with Crippen LogP contribution in [0.15, 0.2) is 22.7 Å². The lowest BCUT2D eigenvalue weighted by Crippen LogP contribution is -1.93. The maximum atomic E-state index is 13.3. The molecule has 1 aromatic heterocycles. The normalized spacial score (nSPS) is 12.8. The van der Waals surface area contributed by atoms with Gasteiger partial charge in [-0.3, -0.25) is 0 Å². The van der Waals surface area contributed by atoms with Crippen molar-refractivity contribution in [2.24, 2.45) is 0 Å². The van der Waals surface area contributed by atoms with Gasteiger partial charge in [0.25, 0.3) is 5.89 Å². The highest BCUT2D eigenvalue weighted by Crippen LogP contribution is 2.21. The SMILES string of the molecule is Cc1ccc(-c2nc(C(C)O)no2)cc1F. The molecule has 0 fully saturated rings. The van der Waals surface area contributed by atoms with E-state index in [0.717, 1.165) is 0 Å². The van der Waals surface area contributed by atoms with Crippen molar-refractivity contribution in [3.05, 3.63) is 35.4 Å². The first-order valence-corrected chi connectivity index (χ1v) is 4.86. The summed E-state index contributed by atoms with van der Waals surface area (Å²) in [6, 6.07) is 4.66. The number of benzene rings is 1. The number of nitrogens with zero attached hydrogens (tertiary/aromatic N) is 2. The molecule has 0 aliphatic rings. The first-order chi connectivity index (χ1) is 7.58. The van der Waals surface area contributed by atoms with Gasteiger partial charge >= 0.3 is 0 Å². The molecule has 16 heavy (non-hydrogen) atoms. The van der Waals surface area contributed by atoms with Gasteiger partial charge in [-0.1, -0.05) is 11.2 Å². The third kappa shape index (κ3) is 1.94. The fourth-order valence-electron chi connectivity index (χ4n) is 1.25. The van der Waals surface area contributed by atoms with E-state index < -0.39 is 6.10 Å². The van der Waals surface area contributed by atoms with Crippen molar-refractivity contribution in [3.8, 4) is 11.5 Å². The first kappa shape index (κ1) is 10.8. The molecule has 1 N–H and O–H groups in total. The molecule has 0 radical (unpaired) electrons. The predicted molar refractivity (Wildman–Crippen MR) is 55.1 cm³/mol. The molecule has 0 aliphatic carbocycles. The minimum atomic E-state index is -0.798. The smallest absolute Gasteiger partial charge is 0.258 e. The highest BCUT2D eigenvalue weighted by atomic mass is 19.1. The van der Waals surface area contributed by atoms with Gasteiger partial charge in [0.2, 0.25) is 0 Å². The monoisotopic (exact) mass is 222 g/mol. The van der Waals surface area contributed by atoms with Crippen LogP contribution in [0.1, 0.15) is 24.4 Å². The summed E-state index contributed by atoms with van der Waals surface area (Å²) in [6.45, 7) is 3.21. The lowest BCUT2D eigenvalue weighted by Gasteiger charge is -1.97. The Balaban J connectivity index is 2.39. The topological polar surface area (TPSA) is 59.2 Å². The summed E-state index contributed by atoms with van der Waals surface area (Å²) in [6.07, 6.45) is -0.798. The molecular weight excluding hydrogens is 211 g/mol. The molecule has 1 heterocycles. The van der Waals surface area contributed by atoms with Crippen LogP contribution in [-0.2, 0) is 0 Å². The van der Waals surface area contributed by atoms with Gasteiger partial charge in [0.05, 0.1) is 0 Å². The van der Waals surface area contributed by atoms with E-state index in [9.17, 15) is 9.50 Å². The molecule has 0 bridgehead atoms. The molecule has 0 amide bonds. The van der Waals surface area contributed by atoms with Gasteiger partial charge in [-0.2, -0.15) is 4.98 Å². The van der Waals surface area contributed by atoms with Crippen molar-refractivity contribution in [1.82, 2.24) is 10.1 Å². The third-order valence-corrected chi connectivity index (χ3v) is 2.23. The Bertz CT molecular complexity index is 508. The molecule has 1 atom stereocenters. The number of halogens is 1. The number of aliphatic hydroxyl groups excluding tert-OH is 1. The Labute approximate surface area is 91.7 Å². The molecule has 4 nitrogen and oxygen atoms in total. The zero-order chi connectivity index (χ0) is 11.7. The Morgan fingerprint density at radius 3 is 2.75 bits per heavy atom. The van der Waals surface area contributed by atoms with Crippen LogP contribution < -0.4 is 0 Å². The Morgan fingerprint density at radius 1 is 1.44 bits per heavy atom. The van der Waals surface area contributed by atoms with Gasteiger partial charge in [-0.15, -0.1) is 0 Å². The van der Waals surface area contributed by atoms with Gasteiger partial charge in [-0.25, -0.2) is 4.39 Å². The maximum Gasteiger partial charge on any atom is 0.258 e. The van der Waals surface area contributed by atoms with Crippen molar-refractivity contribution < 1.29 is 14.0 Å². The molecule has 0 spiro atoms. The number of aliphatic hydroxyl groups is 1. The van der Waals surface area contributed by atoms with E-state index in [0.29, 0.717) is 11.1 Å². The van der Waals surface area contributed by atoms with Crippen LogP contribution in [0.2, 0.25) is 0 Å². The van der Waals surface area contributed by atoms with Crippen molar-refractivity contribution >= 4 is 0 Å². The maximum absolute atomic E-state index is 13.3. The Kier molecular flexibility index (Phi) is 2.70. The number of aromatic nitrogens is 2. The zero-order valence-corrected chi connectivity index (χ0v) is 8.94. The van der Waals surface area contributed by atoms with Crippen molar-refractivity contribution in [2.75, 3.05) is 0 Å². The molecule has 0 aliphatic heterocycles. The standard InChI is InChI=1S/C11H11FN2O2/c1-6-3-4-8(5-9(6)12)11-13-10(7(2)15)14-16-11/h3-5,7,15H,1-2H3. The van der Waals surface area contributed by atoms with Crippen LogP contribution in [-0.4, -0.2) is 15.2 Å². The summed E-state index contributed by atoms with van der Waals surface area (Å²) in [7, 11) is 0. The van der Waals surface area contributed by atoms with Gasteiger partial charge in [0.15, 0.2) is 5.82 Å². The molecule has 5 heteroatoms. The van der Waals surface area contributed by atoms with Gasteiger partial charge in [0.1, 0.15) is 11.9 Å². The molecule has 2 aromatic rings. The minimum absolute atomic E-state index is 0.191. The molecule has 0 saturated carbocycles. The molecular formula is C11H11FN2O2. The second-order valence-electron chi connectivity index (χ2n) is 3.60. The number of hydrogen-bond donors (Lipinski definition) is 1. The van der Waals surface area contributed by atoms with Crippen LogP contribution in [0.25, 0.3) is 11.5 Å². The van der Waals surface area contributed by atoms with Crippen LogP contribution >= 0.6 is 0 Å². The molecule has 2 rings (SSSR count). The van der Waals surface area contributed by atoms with Gasteiger partial charge in [0, 0.05) is 5.56 Å². The largest absolute Gasteiger partial charge is 0.385 e. The quantitative estimate of drug-likeness (QED) is 0.846. The summed E-state index contributed by atoms with van der Waals surface area (Å²) in [5.41, 5.74) is 1.06. The van der Waals surface area contributed by atoms with E-state index >= 15 is 0 Å². The van der Waals surface area contributed by atoms with E-state index in [1.807, 2.05) is 0 Å². The van der Waals surface area contributed by atoms with Crippen molar-refractivity contribution in [3.63, 3.8) is 0 Å². The fourth-order valence-corrected chi connectivity index (χ4v) is 1.25. The van der Waals surface area contributed by atoms with Crippen molar-refractivity contribution in [2.45, 2.75) is 20.0 Å². The van der Waals surface area contributed by atoms with Gasteiger partial charge in [-0.05, 0) is 31.5 Å². The van der Waals surface area contributed by atoms with Crippen LogP contribution in [0.4, 0.5) is 4.39 Å². The third-order valence-electron chi connectivity index (χ3n) is 2.23. The average Bonchev–Trinajstić information content (AvgIpc) is 2.71. The predicted octanol–water partition coefficient (Wildman–Crippen LogP) is 2.24. The summed E-state index contributed by atoms with van der Waals surface area (Å²) in [4.78, 5) is 3.96. The molecule has 1 aromatic carbocycles. The molecule has 0 saturated heterocycles. The number of hydrogen-bond acceptors (Lipinski definition) is 4. The first-order valence-electron chi connectivity index (χ1n) is 4.86. The number of aryl methyl sites for hydroxylation is 1. The van der Waals surface area contributed by atoms with E-state index in [1.54, 1.807) is 19.1 Å². The molecule has 1 unspecified atom stereocenters. The number of rotatable bonds is 2. The van der Waals surface area contributed by atoms with E-state index in [1.165, 1.54) is 13.0 Å². The molecule has 84 valence electrons. The lowest BCUT2D eigenvalue weighted by atomic mass is 10.1. The fraction of sp³-hybridized carbons (Fsp3) is 0.273. The Morgan fingerprint density at radius 2 is 2.19 bits per heavy atom. The highest BCUT2D eigenvalue weighted by molar-refractivity contribution is 5.53. The van der Waals surface area contributed by atoms with Crippen LogP contribution in [0.5, 0.6) is 0 Å². The van der Waals surface area contributed by atoms with Crippen LogP contribution in [0.3, 0.4) is 0 Å². The highest BCUT2D eigenvalue weighted by Gasteiger charge is 2.13. The summed E-state index contributed by atoms with van der Waals surface area (Å²) in [5.74, 6) is 0.0695. The van der Waals surface area contributed by atoms with E-state index in [2.05, 4.69) is 10.1 Å². The summed E-state index contributed by atoms with van der Waals surface area (Å²) >= 11 is 0. The van der Waals surface area contributed by atoms with Gasteiger partial charge < -0.3 is 9.63 Å². The van der Waals surface area contributed by atoms with Crippen molar-refractivity contribution in [1.29, 1.82) is 0 Å². The lowest BCUT2D eigenvalue weighted by molar-refractivity contribution is 0.184. The zero-order valence-electron chi connectivity index (χ0n) is 8.94. The Hall–Kier alpha value is -1.75. The second-order valence-corrected chi connectivity index (χ2v) is 3.60.